The highest BCUT2D eigenvalue weighted by molar-refractivity contribution is 5.44. The molecule has 0 saturated carbocycles. The van der Waals surface area contributed by atoms with E-state index in [9.17, 15) is 0 Å². The van der Waals surface area contributed by atoms with Crippen LogP contribution in [-0.2, 0) is 4.74 Å². The summed E-state index contributed by atoms with van der Waals surface area (Å²) in [6.07, 6.45) is 0.756. The van der Waals surface area contributed by atoms with Crippen molar-refractivity contribution in [3.63, 3.8) is 0 Å². The maximum atomic E-state index is 6.21. The van der Waals surface area contributed by atoms with Crippen LogP contribution in [0, 0.1) is 0 Å². The Morgan fingerprint density at radius 3 is 2.94 bits per heavy atom. The zero-order valence-corrected chi connectivity index (χ0v) is 11.2. The third kappa shape index (κ3) is 2.60. The van der Waals surface area contributed by atoms with Gasteiger partial charge in [-0.1, -0.05) is 6.07 Å². The van der Waals surface area contributed by atoms with E-state index < -0.39 is 0 Å². The molecule has 1 heterocycles. The van der Waals surface area contributed by atoms with Crippen LogP contribution in [0.15, 0.2) is 18.2 Å². The van der Waals surface area contributed by atoms with E-state index in [1.54, 1.807) is 7.11 Å². The van der Waals surface area contributed by atoms with Gasteiger partial charge in [-0.15, -0.1) is 0 Å². The van der Waals surface area contributed by atoms with E-state index in [2.05, 4.69) is 0 Å². The molecule has 2 N–H and O–H groups in total. The van der Waals surface area contributed by atoms with Crippen LogP contribution in [0.3, 0.4) is 0 Å². The summed E-state index contributed by atoms with van der Waals surface area (Å²) >= 11 is 0. The van der Waals surface area contributed by atoms with E-state index in [4.69, 9.17) is 19.9 Å². The minimum atomic E-state index is -0.366. The molecule has 2 rings (SSSR count). The van der Waals surface area contributed by atoms with Crippen LogP contribution in [0.5, 0.6) is 11.5 Å². The normalized spacial score (nSPS) is 26.3. The van der Waals surface area contributed by atoms with Gasteiger partial charge in [0, 0.05) is 30.7 Å². The first-order valence-corrected chi connectivity index (χ1v) is 6.28. The molecule has 0 radical (unpaired) electrons. The van der Waals surface area contributed by atoms with E-state index in [0.717, 1.165) is 23.5 Å². The van der Waals surface area contributed by atoms with Crippen molar-refractivity contribution in [2.45, 2.75) is 31.9 Å². The average molecular weight is 251 g/mol. The van der Waals surface area contributed by atoms with Crippen molar-refractivity contribution >= 4 is 0 Å². The topological polar surface area (TPSA) is 53.7 Å². The fourth-order valence-corrected chi connectivity index (χ4v) is 2.32. The van der Waals surface area contributed by atoms with Gasteiger partial charge in [-0.2, -0.15) is 0 Å². The SMILES string of the molecule is CCOCC1(C)C[C@H](N)c2ccc(OC)cc2O1. The van der Waals surface area contributed by atoms with Crippen molar-refractivity contribution in [2.75, 3.05) is 20.3 Å². The molecule has 4 heteroatoms. The minimum Gasteiger partial charge on any atom is -0.497 e. The largest absolute Gasteiger partial charge is 0.497 e. The van der Waals surface area contributed by atoms with Gasteiger partial charge in [0.15, 0.2) is 0 Å². The van der Waals surface area contributed by atoms with Crippen molar-refractivity contribution < 1.29 is 14.2 Å². The van der Waals surface area contributed by atoms with Crippen LogP contribution in [0.2, 0.25) is 0 Å². The molecule has 0 fully saturated rings. The highest BCUT2D eigenvalue weighted by Crippen LogP contribution is 2.40. The summed E-state index contributed by atoms with van der Waals surface area (Å²) in [4.78, 5) is 0. The summed E-state index contributed by atoms with van der Waals surface area (Å²) in [6, 6.07) is 5.75. The molecule has 4 nitrogen and oxygen atoms in total. The quantitative estimate of drug-likeness (QED) is 0.892. The Bertz CT molecular complexity index is 422. The molecule has 0 saturated heterocycles. The van der Waals surface area contributed by atoms with Gasteiger partial charge in [0.25, 0.3) is 0 Å². The third-order valence-electron chi connectivity index (χ3n) is 3.24. The van der Waals surface area contributed by atoms with Crippen molar-refractivity contribution in [3.8, 4) is 11.5 Å². The van der Waals surface area contributed by atoms with E-state index in [1.165, 1.54) is 0 Å². The molecule has 0 aromatic heterocycles. The van der Waals surface area contributed by atoms with Crippen molar-refractivity contribution in [1.82, 2.24) is 0 Å². The van der Waals surface area contributed by atoms with Gasteiger partial charge in [0.1, 0.15) is 17.1 Å². The Balaban J connectivity index is 2.25. The molecular formula is C14H21NO3. The second-order valence-electron chi connectivity index (χ2n) is 4.90. The summed E-state index contributed by atoms with van der Waals surface area (Å²) in [7, 11) is 1.64. The van der Waals surface area contributed by atoms with Gasteiger partial charge < -0.3 is 19.9 Å². The van der Waals surface area contributed by atoms with E-state index in [1.807, 2.05) is 32.0 Å². The lowest BCUT2D eigenvalue weighted by Gasteiger charge is -2.38. The van der Waals surface area contributed by atoms with Gasteiger partial charge in [0.2, 0.25) is 0 Å². The number of hydrogen-bond acceptors (Lipinski definition) is 4. The first-order valence-electron chi connectivity index (χ1n) is 6.28. The standard InChI is InChI=1S/C14H21NO3/c1-4-17-9-14(2)8-12(15)11-6-5-10(16-3)7-13(11)18-14/h5-7,12H,4,8-9,15H2,1-3H3/t12-,14?/m0/s1. The fraction of sp³-hybridized carbons (Fsp3) is 0.571. The number of benzene rings is 1. The number of rotatable bonds is 4. The summed E-state index contributed by atoms with van der Waals surface area (Å²) in [5, 5.41) is 0. The van der Waals surface area contributed by atoms with Crippen LogP contribution in [0.25, 0.3) is 0 Å². The number of hydrogen-bond donors (Lipinski definition) is 1. The van der Waals surface area contributed by atoms with Crippen LogP contribution < -0.4 is 15.2 Å². The minimum absolute atomic E-state index is 0.0230. The van der Waals surface area contributed by atoms with Crippen molar-refractivity contribution in [3.05, 3.63) is 23.8 Å². The maximum Gasteiger partial charge on any atom is 0.131 e. The smallest absolute Gasteiger partial charge is 0.131 e. The van der Waals surface area contributed by atoms with Gasteiger partial charge in [-0.25, -0.2) is 0 Å². The van der Waals surface area contributed by atoms with Crippen LogP contribution in [0.1, 0.15) is 31.9 Å². The zero-order chi connectivity index (χ0) is 13.2. The van der Waals surface area contributed by atoms with Gasteiger partial charge >= 0.3 is 0 Å². The fourth-order valence-electron chi connectivity index (χ4n) is 2.32. The molecule has 1 unspecified atom stereocenters. The highest BCUT2D eigenvalue weighted by atomic mass is 16.5. The van der Waals surface area contributed by atoms with Crippen LogP contribution >= 0.6 is 0 Å². The first-order chi connectivity index (χ1) is 8.58. The van der Waals surface area contributed by atoms with Crippen molar-refractivity contribution in [2.24, 2.45) is 5.73 Å². The lowest BCUT2D eigenvalue weighted by molar-refractivity contribution is -0.0303. The van der Waals surface area contributed by atoms with Gasteiger partial charge in [-0.05, 0) is 19.9 Å². The molecule has 0 spiro atoms. The molecule has 100 valence electrons. The third-order valence-corrected chi connectivity index (χ3v) is 3.24. The lowest BCUT2D eigenvalue weighted by atomic mass is 9.89. The summed E-state index contributed by atoms with van der Waals surface area (Å²) in [5.41, 5.74) is 6.87. The molecule has 0 aliphatic carbocycles. The average Bonchev–Trinajstić information content (AvgIpc) is 2.35. The molecular weight excluding hydrogens is 230 g/mol. The molecule has 1 aromatic rings. The lowest BCUT2D eigenvalue weighted by Crippen LogP contribution is -2.44. The van der Waals surface area contributed by atoms with Crippen LogP contribution in [0.4, 0.5) is 0 Å². The second kappa shape index (κ2) is 5.16. The predicted octanol–water partition coefficient (Wildman–Crippen LogP) is 2.27. The highest BCUT2D eigenvalue weighted by Gasteiger charge is 2.36. The van der Waals surface area contributed by atoms with E-state index in [-0.39, 0.29) is 11.6 Å². The van der Waals surface area contributed by atoms with Crippen LogP contribution in [-0.4, -0.2) is 25.9 Å². The zero-order valence-electron chi connectivity index (χ0n) is 11.2. The second-order valence-corrected chi connectivity index (χ2v) is 4.90. The van der Waals surface area contributed by atoms with Crippen molar-refractivity contribution in [1.29, 1.82) is 0 Å². The summed E-state index contributed by atoms with van der Waals surface area (Å²) in [6.45, 7) is 5.24. The maximum absolute atomic E-state index is 6.21. The molecule has 1 aliphatic rings. The monoisotopic (exact) mass is 251 g/mol. The molecule has 18 heavy (non-hydrogen) atoms. The van der Waals surface area contributed by atoms with Gasteiger partial charge in [0.05, 0.1) is 13.7 Å². The Kier molecular flexibility index (Phi) is 3.78. The van der Waals surface area contributed by atoms with Gasteiger partial charge in [-0.3, -0.25) is 0 Å². The molecule has 1 aromatic carbocycles. The summed E-state index contributed by atoms with van der Waals surface area (Å²) < 4.78 is 16.7. The Hall–Kier alpha value is -1.26. The number of fused-ring (bicyclic) bond motifs is 1. The Morgan fingerprint density at radius 2 is 2.28 bits per heavy atom. The molecule has 2 atom stereocenters. The molecule has 1 aliphatic heterocycles. The molecule has 0 amide bonds. The Morgan fingerprint density at radius 1 is 1.50 bits per heavy atom. The van der Waals surface area contributed by atoms with E-state index in [0.29, 0.717) is 13.2 Å². The summed E-state index contributed by atoms with van der Waals surface area (Å²) in [5.74, 6) is 1.58. The predicted molar refractivity (Wildman–Crippen MR) is 70.1 cm³/mol. The number of methoxy groups -OCH3 is 1. The first kappa shape index (κ1) is 13.2. The number of ether oxygens (including phenoxy) is 3. The van der Waals surface area contributed by atoms with E-state index >= 15 is 0 Å². The molecule has 0 bridgehead atoms. The Labute approximate surface area is 108 Å². The number of nitrogens with two attached hydrogens (primary N) is 1.